The van der Waals surface area contributed by atoms with Crippen LogP contribution in [0, 0.1) is 0 Å². The second-order valence-corrected chi connectivity index (χ2v) is 22.0. The maximum Gasteiger partial charge on any atom is 0.306 e. The number of ether oxygens (including phenoxy) is 3. The van der Waals surface area contributed by atoms with Crippen molar-refractivity contribution in [3.05, 3.63) is 72.9 Å². The van der Waals surface area contributed by atoms with Gasteiger partial charge in [-0.3, -0.25) is 14.4 Å². The molecule has 0 amide bonds. The zero-order valence-electron chi connectivity index (χ0n) is 50.5. The van der Waals surface area contributed by atoms with Gasteiger partial charge in [0.25, 0.3) is 0 Å². The highest BCUT2D eigenvalue weighted by molar-refractivity contribution is 5.71. The number of hydrogen-bond donors (Lipinski definition) is 0. The van der Waals surface area contributed by atoms with E-state index >= 15 is 0 Å². The molecule has 440 valence electrons. The molecule has 0 aromatic carbocycles. The van der Waals surface area contributed by atoms with Crippen molar-refractivity contribution in [2.75, 3.05) is 13.2 Å². The Kier molecular flexibility index (Phi) is 61.7. The smallest absolute Gasteiger partial charge is 0.306 e. The van der Waals surface area contributed by atoms with Crippen molar-refractivity contribution in [2.24, 2.45) is 0 Å². The van der Waals surface area contributed by atoms with Crippen LogP contribution in [0.25, 0.3) is 0 Å². The summed E-state index contributed by atoms with van der Waals surface area (Å²) < 4.78 is 16.8. The van der Waals surface area contributed by atoms with Gasteiger partial charge in [0.2, 0.25) is 0 Å². The highest BCUT2D eigenvalue weighted by atomic mass is 16.6. The van der Waals surface area contributed by atoms with Crippen LogP contribution in [-0.2, 0) is 28.6 Å². The summed E-state index contributed by atoms with van der Waals surface area (Å²) in [7, 11) is 0. The van der Waals surface area contributed by atoms with Crippen molar-refractivity contribution >= 4 is 17.9 Å². The molecule has 6 nitrogen and oxygen atoms in total. The Morgan fingerprint density at radius 3 is 0.882 bits per heavy atom. The molecule has 6 heteroatoms. The first-order valence-corrected chi connectivity index (χ1v) is 32.9. The quantitative estimate of drug-likeness (QED) is 0.0261. The fraction of sp³-hybridized carbons (Fsp3) is 0.786. The Morgan fingerprint density at radius 2 is 0.539 bits per heavy atom. The van der Waals surface area contributed by atoms with Gasteiger partial charge < -0.3 is 14.2 Å². The third-order valence-corrected chi connectivity index (χ3v) is 14.4. The van der Waals surface area contributed by atoms with Crippen LogP contribution in [0.4, 0.5) is 0 Å². The first-order valence-electron chi connectivity index (χ1n) is 32.9. The lowest BCUT2D eigenvalue weighted by atomic mass is 10.0. The molecule has 0 aromatic heterocycles. The maximum absolute atomic E-state index is 12.9. The highest BCUT2D eigenvalue weighted by Gasteiger charge is 2.19. The van der Waals surface area contributed by atoms with Crippen molar-refractivity contribution in [1.82, 2.24) is 0 Å². The lowest BCUT2D eigenvalue weighted by Crippen LogP contribution is -2.30. The topological polar surface area (TPSA) is 78.9 Å². The molecule has 0 bridgehead atoms. The Bertz CT molecular complexity index is 1400. The van der Waals surface area contributed by atoms with E-state index in [1.165, 1.54) is 212 Å². The maximum atomic E-state index is 12.9. The predicted octanol–water partition coefficient (Wildman–Crippen LogP) is 22.5. The van der Waals surface area contributed by atoms with E-state index < -0.39 is 6.10 Å². The van der Waals surface area contributed by atoms with Gasteiger partial charge in [-0.2, -0.15) is 0 Å². The van der Waals surface area contributed by atoms with Crippen molar-refractivity contribution < 1.29 is 28.6 Å². The summed E-state index contributed by atoms with van der Waals surface area (Å²) in [6.07, 6.45) is 83.8. The molecule has 0 radical (unpaired) electrons. The van der Waals surface area contributed by atoms with Crippen molar-refractivity contribution in [1.29, 1.82) is 0 Å². The van der Waals surface area contributed by atoms with E-state index in [2.05, 4.69) is 87.6 Å². The summed E-state index contributed by atoms with van der Waals surface area (Å²) >= 11 is 0. The number of rotatable bonds is 60. The number of unbranched alkanes of at least 4 members (excludes halogenated alkanes) is 37. The summed E-state index contributed by atoms with van der Waals surface area (Å²) in [5, 5.41) is 0. The molecular formula is C70H124O6. The Hall–Kier alpha value is -3.15. The van der Waals surface area contributed by atoms with Crippen LogP contribution < -0.4 is 0 Å². The molecule has 0 saturated heterocycles. The number of esters is 3. The summed E-state index contributed by atoms with van der Waals surface area (Å²) in [6, 6.07) is 0. The minimum atomic E-state index is -0.807. The summed E-state index contributed by atoms with van der Waals surface area (Å²) in [5.41, 5.74) is 0. The average molecular weight is 1060 g/mol. The average Bonchev–Trinajstić information content (AvgIpc) is 3.42. The van der Waals surface area contributed by atoms with E-state index in [4.69, 9.17) is 14.2 Å². The van der Waals surface area contributed by atoms with Crippen molar-refractivity contribution in [3.63, 3.8) is 0 Å². The van der Waals surface area contributed by atoms with Crippen LogP contribution in [0.15, 0.2) is 72.9 Å². The SMILES string of the molecule is CC/C=C\C/C=C\C/C=C\C/C=C\CCC(=O)OCC(COC(=O)CCCCCCCCCCCCCCCCCCCCC/C=C\CCCCCCCCCC)OC(=O)CCCCCCC/C=C\CCCCCCC. The zero-order chi connectivity index (χ0) is 55.0. The minimum Gasteiger partial charge on any atom is -0.462 e. The minimum absolute atomic E-state index is 0.0982. The van der Waals surface area contributed by atoms with Gasteiger partial charge >= 0.3 is 17.9 Å². The summed E-state index contributed by atoms with van der Waals surface area (Å²) in [6.45, 7) is 6.48. The van der Waals surface area contributed by atoms with E-state index in [9.17, 15) is 14.4 Å². The van der Waals surface area contributed by atoms with Crippen LogP contribution in [0.3, 0.4) is 0 Å². The Labute approximate surface area is 472 Å². The standard InChI is InChI=1S/C70H124O6/c1-4-7-10-13-16-19-22-25-27-28-29-30-31-32-33-34-35-36-37-38-39-40-41-42-43-46-48-51-54-57-60-63-69(72)75-66-67(65-74-68(71)62-59-56-53-50-47-44-24-21-18-15-12-9-6-3)76-70(73)64-61-58-55-52-49-45-26-23-20-17-14-11-8-5-2/h9,12,18,21,23,26,28-29,44,47,53,56,67H,4-8,10-11,13-17,19-20,22,24-25,27,30-43,45-46,48-52,54-55,57-66H2,1-3H3/b12-9-,21-18-,26-23-,29-28-,47-44-,56-53-. The van der Waals surface area contributed by atoms with Crippen LogP contribution in [0.1, 0.15) is 335 Å². The zero-order valence-corrected chi connectivity index (χ0v) is 50.5. The number of hydrogen-bond acceptors (Lipinski definition) is 6. The van der Waals surface area contributed by atoms with Gasteiger partial charge in [-0.1, -0.05) is 293 Å². The molecule has 0 aromatic rings. The molecule has 0 rings (SSSR count). The lowest BCUT2D eigenvalue weighted by Gasteiger charge is -2.18. The van der Waals surface area contributed by atoms with Crippen LogP contribution in [0.5, 0.6) is 0 Å². The molecule has 0 aliphatic rings. The molecule has 76 heavy (non-hydrogen) atoms. The van der Waals surface area contributed by atoms with Gasteiger partial charge in [-0.15, -0.1) is 0 Å². The number of allylic oxidation sites excluding steroid dienone is 12. The van der Waals surface area contributed by atoms with E-state index in [0.717, 1.165) is 77.0 Å². The second kappa shape index (κ2) is 64.4. The van der Waals surface area contributed by atoms with Gasteiger partial charge in [0, 0.05) is 19.3 Å². The molecular weight excluding hydrogens is 937 g/mol. The highest BCUT2D eigenvalue weighted by Crippen LogP contribution is 2.17. The molecule has 0 saturated carbocycles. The molecule has 0 aliphatic heterocycles. The molecule has 0 fully saturated rings. The summed E-state index contributed by atoms with van der Waals surface area (Å²) in [5.74, 6) is -0.979. The Morgan fingerprint density at radius 1 is 0.276 bits per heavy atom. The van der Waals surface area contributed by atoms with E-state index in [1.54, 1.807) is 0 Å². The van der Waals surface area contributed by atoms with Gasteiger partial charge in [-0.25, -0.2) is 0 Å². The van der Waals surface area contributed by atoms with Crippen LogP contribution in [-0.4, -0.2) is 37.2 Å². The predicted molar refractivity (Wildman–Crippen MR) is 330 cm³/mol. The van der Waals surface area contributed by atoms with E-state index in [-0.39, 0.29) is 37.5 Å². The third-order valence-electron chi connectivity index (χ3n) is 14.4. The van der Waals surface area contributed by atoms with Crippen molar-refractivity contribution in [3.8, 4) is 0 Å². The van der Waals surface area contributed by atoms with Gasteiger partial charge in [-0.05, 0) is 96.3 Å². The summed E-state index contributed by atoms with van der Waals surface area (Å²) in [4.78, 5) is 38.2. The first kappa shape index (κ1) is 72.8. The molecule has 1 atom stereocenters. The molecule has 1 unspecified atom stereocenters. The van der Waals surface area contributed by atoms with Crippen LogP contribution in [0.2, 0.25) is 0 Å². The molecule has 0 aliphatic carbocycles. The van der Waals surface area contributed by atoms with Gasteiger partial charge in [0.1, 0.15) is 13.2 Å². The largest absolute Gasteiger partial charge is 0.462 e. The van der Waals surface area contributed by atoms with Crippen LogP contribution >= 0.6 is 0 Å². The number of carbonyl (C=O) groups is 3. The second-order valence-electron chi connectivity index (χ2n) is 22.0. The van der Waals surface area contributed by atoms with E-state index in [0.29, 0.717) is 19.3 Å². The van der Waals surface area contributed by atoms with Gasteiger partial charge in [0.15, 0.2) is 6.10 Å². The van der Waals surface area contributed by atoms with Gasteiger partial charge in [0.05, 0.1) is 0 Å². The molecule has 0 spiro atoms. The fourth-order valence-corrected chi connectivity index (χ4v) is 9.51. The van der Waals surface area contributed by atoms with E-state index in [1.807, 2.05) is 6.08 Å². The first-order chi connectivity index (χ1) is 37.5. The Balaban J connectivity index is 4.16. The third kappa shape index (κ3) is 61.7. The normalized spacial score (nSPS) is 12.5. The molecule has 0 heterocycles. The fourth-order valence-electron chi connectivity index (χ4n) is 9.51. The number of carbonyl (C=O) groups excluding carboxylic acids is 3. The lowest BCUT2D eigenvalue weighted by molar-refractivity contribution is -0.166. The van der Waals surface area contributed by atoms with Crippen molar-refractivity contribution in [2.45, 2.75) is 341 Å². The molecule has 0 N–H and O–H groups in total. The monoisotopic (exact) mass is 1060 g/mol.